The van der Waals surface area contributed by atoms with E-state index in [0.717, 1.165) is 10.0 Å². The Kier molecular flexibility index (Phi) is 7.73. The first-order valence-corrected chi connectivity index (χ1v) is 10.1. The lowest BCUT2D eigenvalue weighted by Crippen LogP contribution is -2.26. The van der Waals surface area contributed by atoms with Gasteiger partial charge in [-0.3, -0.25) is 4.79 Å². The molecule has 29 heavy (non-hydrogen) atoms. The minimum absolute atomic E-state index is 0.228. The van der Waals surface area contributed by atoms with Crippen LogP contribution in [0.1, 0.15) is 51.5 Å². The van der Waals surface area contributed by atoms with Crippen molar-refractivity contribution >= 4 is 27.8 Å². The zero-order valence-corrected chi connectivity index (χ0v) is 19.2. The number of carbonyl (C=O) groups excluding carboxylic acids is 2. The lowest BCUT2D eigenvalue weighted by molar-refractivity contribution is 0.0376. The Bertz CT molecular complexity index is 905. The molecule has 1 aromatic heterocycles. The summed E-state index contributed by atoms with van der Waals surface area (Å²) in [6.07, 6.45) is 0.363. The molecule has 0 unspecified atom stereocenters. The third kappa shape index (κ3) is 5.32. The molecule has 1 heterocycles. The molecular formula is C21H27BrN2O5. The number of H-pyrrole nitrogens is 1. The molecule has 0 aliphatic rings. The van der Waals surface area contributed by atoms with Crippen LogP contribution >= 0.6 is 15.9 Å². The Morgan fingerprint density at radius 2 is 1.76 bits per heavy atom. The smallest absolute Gasteiger partial charge is 0.340 e. The molecule has 0 bridgehead atoms. The first-order chi connectivity index (χ1) is 13.7. The van der Waals surface area contributed by atoms with Crippen LogP contribution in [0.5, 0.6) is 11.5 Å². The van der Waals surface area contributed by atoms with Crippen molar-refractivity contribution < 1.29 is 23.8 Å². The molecule has 8 heteroatoms. The van der Waals surface area contributed by atoms with E-state index in [2.05, 4.69) is 26.2 Å². The van der Waals surface area contributed by atoms with E-state index in [1.807, 2.05) is 12.1 Å². The Labute approximate surface area is 179 Å². The quantitative estimate of drug-likeness (QED) is 0.574. The standard InChI is InChI=1S/C21H27BrN2O5/c1-11(2)29-21(26)18-12(3)19(24-13(18)4)20(25)23-8-7-14-9-16(27-5)17(28-6)10-15(14)22/h9-11,24H,7-8H2,1-6H3,(H,23,25). The van der Waals surface area contributed by atoms with Gasteiger partial charge in [0.05, 0.1) is 25.9 Å². The van der Waals surface area contributed by atoms with Gasteiger partial charge in [0, 0.05) is 16.7 Å². The molecule has 0 saturated carbocycles. The van der Waals surface area contributed by atoms with Crippen LogP contribution in [-0.2, 0) is 11.2 Å². The third-order valence-corrected chi connectivity index (χ3v) is 5.18. The Morgan fingerprint density at radius 3 is 2.34 bits per heavy atom. The summed E-state index contributed by atoms with van der Waals surface area (Å²) in [7, 11) is 3.16. The summed E-state index contributed by atoms with van der Waals surface area (Å²) >= 11 is 3.52. The van der Waals surface area contributed by atoms with E-state index >= 15 is 0 Å². The van der Waals surface area contributed by atoms with E-state index in [0.29, 0.717) is 47.0 Å². The first-order valence-electron chi connectivity index (χ1n) is 9.28. The third-order valence-electron chi connectivity index (χ3n) is 4.44. The summed E-state index contributed by atoms with van der Waals surface area (Å²) in [5, 5.41) is 2.89. The van der Waals surface area contributed by atoms with Crippen LogP contribution < -0.4 is 14.8 Å². The number of methoxy groups -OCH3 is 2. The maximum atomic E-state index is 12.6. The molecular weight excluding hydrogens is 440 g/mol. The topological polar surface area (TPSA) is 89.7 Å². The fourth-order valence-corrected chi connectivity index (χ4v) is 3.56. The molecule has 2 aromatic rings. The van der Waals surface area contributed by atoms with Crippen LogP contribution in [0.2, 0.25) is 0 Å². The minimum atomic E-state index is -0.431. The highest BCUT2D eigenvalue weighted by atomic mass is 79.9. The molecule has 1 amide bonds. The summed E-state index contributed by atoms with van der Waals surface area (Å²) in [4.78, 5) is 27.9. The SMILES string of the molecule is COc1cc(Br)c(CCNC(=O)c2[nH]c(C)c(C(=O)OC(C)C)c2C)cc1OC. The second kappa shape index (κ2) is 9.82. The number of rotatable bonds is 8. The number of hydrogen-bond donors (Lipinski definition) is 2. The molecule has 0 radical (unpaired) electrons. The number of esters is 1. The van der Waals surface area contributed by atoms with Crippen LogP contribution in [-0.4, -0.2) is 43.7 Å². The first kappa shape index (κ1) is 22.8. The highest BCUT2D eigenvalue weighted by Crippen LogP contribution is 2.33. The molecule has 0 fully saturated rings. The summed E-state index contributed by atoms with van der Waals surface area (Å²) in [5.74, 6) is 0.553. The van der Waals surface area contributed by atoms with Crippen LogP contribution in [0.25, 0.3) is 0 Å². The number of aromatic nitrogens is 1. The fraction of sp³-hybridized carbons (Fsp3) is 0.429. The molecule has 0 atom stereocenters. The monoisotopic (exact) mass is 466 g/mol. The highest BCUT2D eigenvalue weighted by Gasteiger charge is 2.23. The number of nitrogens with one attached hydrogen (secondary N) is 2. The van der Waals surface area contributed by atoms with E-state index in [4.69, 9.17) is 14.2 Å². The van der Waals surface area contributed by atoms with E-state index in [1.54, 1.807) is 41.9 Å². The predicted octanol–water partition coefficient (Wildman–Crippen LogP) is 3.95. The van der Waals surface area contributed by atoms with Gasteiger partial charge in [-0.1, -0.05) is 15.9 Å². The maximum absolute atomic E-state index is 12.6. The van der Waals surface area contributed by atoms with Gasteiger partial charge in [0.2, 0.25) is 0 Å². The van der Waals surface area contributed by atoms with E-state index < -0.39 is 5.97 Å². The molecule has 0 saturated heterocycles. The Morgan fingerprint density at radius 1 is 1.14 bits per heavy atom. The van der Waals surface area contributed by atoms with E-state index in [9.17, 15) is 9.59 Å². The number of aromatic amines is 1. The lowest BCUT2D eigenvalue weighted by Gasteiger charge is -2.12. The van der Waals surface area contributed by atoms with Gasteiger partial charge < -0.3 is 24.5 Å². The number of halogens is 1. The molecule has 0 spiro atoms. The van der Waals surface area contributed by atoms with Crippen molar-refractivity contribution in [3.63, 3.8) is 0 Å². The van der Waals surface area contributed by atoms with Gasteiger partial charge >= 0.3 is 5.97 Å². The largest absolute Gasteiger partial charge is 0.493 e. The van der Waals surface area contributed by atoms with Crippen LogP contribution in [0, 0.1) is 13.8 Å². The summed E-state index contributed by atoms with van der Waals surface area (Å²) < 4.78 is 16.7. The predicted molar refractivity (Wildman–Crippen MR) is 114 cm³/mol. The van der Waals surface area contributed by atoms with Crippen molar-refractivity contribution in [1.29, 1.82) is 0 Å². The van der Waals surface area contributed by atoms with Gasteiger partial charge in [-0.05, 0) is 57.4 Å². The Hall–Kier alpha value is -2.48. The second-order valence-corrected chi connectivity index (χ2v) is 7.74. The zero-order valence-electron chi connectivity index (χ0n) is 17.6. The molecule has 1 aromatic carbocycles. The van der Waals surface area contributed by atoms with Gasteiger partial charge in [0.15, 0.2) is 11.5 Å². The van der Waals surface area contributed by atoms with Crippen molar-refractivity contribution in [2.75, 3.05) is 20.8 Å². The van der Waals surface area contributed by atoms with Crippen molar-refractivity contribution in [3.8, 4) is 11.5 Å². The molecule has 0 aliphatic heterocycles. The Balaban J connectivity index is 2.08. The number of ether oxygens (including phenoxy) is 3. The minimum Gasteiger partial charge on any atom is -0.493 e. The lowest BCUT2D eigenvalue weighted by atomic mass is 10.1. The summed E-state index contributed by atoms with van der Waals surface area (Å²) in [6, 6.07) is 3.71. The zero-order chi connectivity index (χ0) is 21.7. The van der Waals surface area contributed by atoms with E-state index in [-0.39, 0.29) is 12.0 Å². The van der Waals surface area contributed by atoms with Gasteiger partial charge in [0.25, 0.3) is 5.91 Å². The normalized spacial score (nSPS) is 10.8. The number of carbonyl (C=O) groups is 2. The average Bonchev–Trinajstić information content (AvgIpc) is 2.96. The fourth-order valence-electron chi connectivity index (χ4n) is 3.04. The van der Waals surface area contributed by atoms with E-state index in [1.165, 1.54) is 0 Å². The summed E-state index contributed by atoms with van der Waals surface area (Å²) in [5.41, 5.74) is 2.94. The number of hydrogen-bond acceptors (Lipinski definition) is 5. The van der Waals surface area contributed by atoms with Crippen molar-refractivity contribution in [3.05, 3.63) is 44.7 Å². The number of amides is 1. The van der Waals surface area contributed by atoms with Crippen molar-refractivity contribution in [1.82, 2.24) is 10.3 Å². The molecule has 0 aliphatic carbocycles. The second-order valence-electron chi connectivity index (χ2n) is 6.88. The number of aryl methyl sites for hydroxylation is 1. The number of benzene rings is 1. The van der Waals surface area contributed by atoms with Crippen LogP contribution in [0.15, 0.2) is 16.6 Å². The molecule has 2 N–H and O–H groups in total. The molecule has 7 nitrogen and oxygen atoms in total. The van der Waals surface area contributed by atoms with Gasteiger partial charge in [-0.2, -0.15) is 0 Å². The molecule has 158 valence electrons. The van der Waals surface area contributed by atoms with Gasteiger partial charge in [-0.15, -0.1) is 0 Å². The van der Waals surface area contributed by atoms with Gasteiger partial charge in [-0.25, -0.2) is 4.79 Å². The van der Waals surface area contributed by atoms with Crippen LogP contribution in [0.3, 0.4) is 0 Å². The molecule has 2 rings (SSSR count). The average molecular weight is 467 g/mol. The highest BCUT2D eigenvalue weighted by molar-refractivity contribution is 9.10. The van der Waals surface area contributed by atoms with Gasteiger partial charge in [0.1, 0.15) is 5.69 Å². The van der Waals surface area contributed by atoms with Crippen molar-refractivity contribution in [2.24, 2.45) is 0 Å². The van der Waals surface area contributed by atoms with Crippen LogP contribution in [0.4, 0.5) is 0 Å². The van der Waals surface area contributed by atoms with Crippen molar-refractivity contribution in [2.45, 2.75) is 40.2 Å². The summed E-state index contributed by atoms with van der Waals surface area (Å²) in [6.45, 7) is 7.47. The maximum Gasteiger partial charge on any atom is 0.340 e.